The van der Waals surface area contributed by atoms with Crippen LogP contribution in [-0.4, -0.2) is 42.9 Å². The van der Waals surface area contributed by atoms with Crippen molar-refractivity contribution in [1.29, 1.82) is 0 Å². The number of aryl methyl sites for hydroxylation is 3. The van der Waals surface area contributed by atoms with E-state index < -0.39 is 36.3 Å². The van der Waals surface area contributed by atoms with Crippen molar-refractivity contribution in [3.05, 3.63) is 63.7 Å². The summed E-state index contributed by atoms with van der Waals surface area (Å²) in [7, 11) is 0. The summed E-state index contributed by atoms with van der Waals surface area (Å²) in [6.07, 6.45) is 0. The fourth-order valence-corrected chi connectivity index (χ4v) is 3.25. The molecule has 0 fully saturated rings. The molecular formula is C23H26ClN3O5. The highest BCUT2D eigenvalue weighted by Gasteiger charge is 2.20. The lowest BCUT2D eigenvalue weighted by molar-refractivity contribution is -0.150. The van der Waals surface area contributed by atoms with Crippen LogP contribution < -0.4 is 16.0 Å². The van der Waals surface area contributed by atoms with Gasteiger partial charge in [0.05, 0.1) is 17.1 Å². The van der Waals surface area contributed by atoms with Gasteiger partial charge in [0.2, 0.25) is 5.91 Å². The molecule has 0 radical (unpaired) electrons. The molecule has 2 aromatic rings. The van der Waals surface area contributed by atoms with E-state index in [0.717, 1.165) is 16.7 Å². The Morgan fingerprint density at radius 1 is 1.00 bits per heavy atom. The van der Waals surface area contributed by atoms with Gasteiger partial charge in [0, 0.05) is 5.69 Å². The maximum absolute atomic E-state index is 12.2. The summed E-state index contributed by atoms with van der Waals surface area (Å²) in [4.78, 5) is 48.3. The lowest BCUT2D eigenvalue weighted by Crippen LogP contribution is -2.41. The number of carbonyl (C=O) groups is 4. The minimum Gasteiger partial charge on any atom is -0.454 e. The molecule has 2 aromatic carbocycles. The van der Waals surface area contributed by atoms with Gasteiger partial charge in [-0.1, -0.05) is 41.4 Å². The number of benzene rings is 2. The topological polar surface area (TPSA) is 114 Å². The summed E-state index contributed by atoms with van der Waals surface area (Å²) in [5.74, 6) is -2.38. The summed E-state index contributed by atoms with van der Waals surface area (Å²) in [5, 5.41) is 7.86. The zero-order valence-electron chi connectivity index (χ0n) is 18.4. The van der Waals surface area contributed by atoms with Crippen molar-refractivity contribution in [2.24, 2.45) is 0 Å². The van der Waals surface area contributed by atoms with Crippen LogP contribution >= 0.6 is 11.6 Å². The van der Waals surface area contributed by atoms with Gasteiger partial charge in [-0.3, -0.25) is 14.4 Å². The van der Waals surface area contributed by atoms with Gasteiger partial charge in [-0.15, -0.1) is 0 Å². The number of halogens is 1. The van der Waals surface area contributed by atoms with Crippen LogP contribution in [0.4, 0.5) is 5.69 Å². The van der Waals surface area contributed by atoms with E-state index >= 15 is 0 Å². The van der Waals surface area contributed by atoms with E-state index in [2.05, 4.69) is 16.0 Å². The quantitative estimate of drug-likeness (QED) is 0.525. The fourth-order valence-electron chi connectivity index (χ4n) is 3.03. The highest BCUT2D eigenvalue weighted by molar-refractivity contribution is 6.33. The predicted octanol–water partition coefficient (Wildman–Crippen LogP) is 2.68. The molecule has 1 atom stereocenters. The maximum Gasteiger partial charge on any atom is 0.328 e. The van der Waals surface area contributed by atoms with E-state index in [1.807, 2.05) is 32.9 Å². The fraction of sp³-hybridized carbons (Fsp3) is 0.304. The van der Waals surface area contributed by atoms with E-state index in [1.54, 1.807) is 18.2 Å². The number of rotatable bonds is 8. The number of ether oxygens (including phenoxy) is 1. The highest BCUT2D eigenvalue weighted by atomic mass is 35.5. The minimum absolute atomic E-state index is 0.219. The lowest BCUT2D eigenvalue weighted by Gasteiger charge is -2.14. The van der Waals surface area contributed by atoms with Crippen LogP contribution in [0.2, 0.25) is 5.02 Å². The Balaban J connectivity index is 1.76. The molecule has 32 heavy (non-hydrogen) atoms. The van der Waals surface area contributed by atoms with Crippen LogP contribution in [0.5, 0.6) is 0 Å². The van der Waals surface area contributed by atoms with Crippen molar-refractivity contribution < 1.29 is 23.9 Å². The first kappa shape index (κ1) is 24.9. The summed E-state index contributed by atoms with van der Waals surface area (Å²) in [6, 6.07) is 9.31. The molecule has 3 amide bonds. The third kappa shape index (κ3) is 7.09. The number of nitrogens with one attached hydrogen (secondary N) is 3. The van der Waals surface area contributed by atoms with Gasteiger partial charge in [-0.2, -0.15) is 0 Å². The van der Waals surface area contributed by atoms with E-state index in [4.69, 9.17) is 16.3 Å². The number of anilines is 1. The second-order valence-electron chi connectivity index (χ2n) is 7.38. The number of hydrogen-bond donors (Lipinski definition) is 3. The van der Waals surface area contributed by atoms with Crippen LogP contribution in [0.25, 0.3) is 0 Å². The summed E-state index contributed by atoms with van der Waals surface area (Å²) >= 11 is 5.96. The van der Waals surface area contributed by atoms with Gasteiger partial charge in [-0.05, 0) is 51.0 Å². The second-order valence-corrected chi connectivity index (χ2v) is 7.79. The molecule has 0 aliphatic heterocycles. The molecule has 0 aromatic heterocycles. The number of esters is 1. The van der Waals surface area contributed by atoms with Gasteiger partial charge in [0.15, 0.2) is 6.61 Å². The van der Waals surface area contributed by atoms with E-state index in [0.29, 0.717) is 5.69 Å². The summed E-state index contributed by atoms with van der Waals surface area (Å²) < 4.78 is 4.90. The van der Waals surface area contributed by atoms with Crippen LogP contribution in [0, 0.1) is 20.8 Å². The van der Waals surface area contributed by atoms with E-state index in [1.165, 1.54) is 13.0 Å². The Morgan fingerprint density at radius 2 is 1.62 bits per heavy atom. The normalized spacial score (nSPS) is 11.3. The van der Waals surface area contributed by atoms with Crippen molar-refractivity contribution in [1.82, 2.24) is 10.6 Å². The Labute approximate surface area is 191 Å². The molecule has 2 rings (SSSR count). The van der Waals surface area contributed by atoms with E-state index in [-0.39, 0.29) is 17.1 Å². The van der Waals surface area contributed by atoms with Gasteiger partial charge in [0.1, 0.15) is 6.04 Å². The first-order chi connectivity index (χ1) is 15.1. The maximum atomic E-state index is 12.2. The molecule has 170 valence electrons. The molecule has 9 heteroatoms. The van der Waals surface area contributed by atoms with Crippen molar-refractivity contribution in [3.63, 3.8) is 0 Å². The smallest absolute Gasteiger partial charge is 0.328 e. The third-order valence-corrected chi connectivity index (χ3v) is 4.88. The molecule has 0 spiro atoms. The monoisotopic (exact) mass is 459 g/mol. The van der Waals surface area contributed by atoms with E-state index in [9.17, 15) is 19.2 Å². The molecule has 0 aliphatic carbocycles. The van der Waals surface area contributed by atoms with Crippen molar-refractivity contribution in [2.75, 3.05) is 18.5 Å². The highest BCUT2D eigenvalue weighted by Crippen LogP contribution is 2.21. The molecule has 3 N–H and O–H groups in total. The zero-order valence-corrected chi connectivity index (χ0v) is 19.1. The van der Waals surface area contributed by atoms with Crippen LogP contribution in [0.1, 0.15) is 34.0 Å². The summed E-state index contributed by atoms with van der Waals surface area (Å²) in [5.41, 5.74) is 3.85. The lowest BCUT2D eigenvalue weighted by atomic mass is 10.1. The number of hydrogen-bond acceptors (Lipinski definition) is 5. The molecule has 0 saturated heterocycles. The third-order valence-electron chi connectivity index (χ3n) is 4.55. The second kappa shape index (κ2) is 11.3. The number of carbonyl (C=O) groups excluding carboxylic acids is 4. The van der Waals surface area contributed by atoms with Crippen molar-refractivity contribution in [3.8, 4) is 0 Å². The number of amides is 3. The molecule has 8 nitrogen and oxygen atoms in total. The van der Waals surface area contributed by atoms with Gasteiger partial charge in [0.25, 0.3) is 11.8 Å². The largest absolute Gasteiger partial charge is 0.454 e. The molecule has 0 unspecified atom stereocenters. The Kier molecular flexibility index (Phi) is 8.78. The minimum atomic E-state index is -0.998. The Bertz CT molecular complexity index is 1020. The standard InChI is InChI=1S/C23H26ClN3O5/c1-13-9-14(2)21(15(3)10-13)27-19(28)11-25-20(29)12-32-23(31)16(4)26-22(30)17-7-5-6-8-18(17)24/h5-10,16H,11-12H2,1-4H3,(H,25,29)(H,26,30)(H,27,28)/t16-/m0/s1. The van der Waals surface area contributed by atoms with Crippen LogP contribution in [-0.2, 0) is 19.1 Å². The molecule has 0 saturated carbocycles. The van der Waals surface area contributed by atoms with Gasteiger partial charge >= 0.3 is 5.97 Å². The summed E-state index contributed by atoms with van der Waals surface area (Å²) in [6.45, 7) is 6.31. The first-order valence-corrected chi connectivity index (χ1v) is 10.3. The molecule has 0 bridgehead atoms. The van der Waals surface area contributed by atoms with Crippen LogP contribution in [0.3, 0.4) is 0 Å². The zero-order chi connectivity index (χ0) is 23.8. The van der Waals surface area contributed by atoms with Crippen molar-refractivity contribution >= 4 is 41.0 Å². The predicted molar refractivity (Wildman–Crippen MR) is 122 cm³/mol. The van der Waals surface area contributed by atoms with Crippen molar-refractivity contribution in [2.45, 2.75) is 33.7 Å². The Morgan fingerprint density at radius 3 is 2.25 bits per heavy atom. The molecule has 0 aliphatic rings. The van der Waals surface area contributed by atoms with Gasteiger partial charge < -0.3 is 20.7 Å². The van der Waals surface area contributed by atoms with Gasteiger partial charge in [-0.25, -0.2) is 4.79 Å². The average molecular weight is 460 g/mol. The average Bonchev–Trinajstić information content (AvgIpc) is 2.73. The Hall–Kier alpha value is -3.39. The molecule has 0 heterocycles. The molecular weight excluding hydrogens is 434 g/mol. The first-order valence-electron chi connectivity index (χ1n) is 9.95. The SMILES string of the molecule is Cc1cc(C)c(NC(=O)CNC(=O)COC(=O)[C@H](C)NC(=O)c2ccccc2Cl)c(C)c1. The van der Waals surface area contributed by atoms with Crippen LogP contribution in [0.15, 0.2) is 36.4 Å².